The lowest BCUT2D eigenvalue weighted by molar-refractivity contribution is -0.195. The summed E-state index contributed by atoms with van der Waals surface area (Å²) in [5.74, 6) is -3.66. The van der Waals surface area contributed by atoms with Crippen molar-refractivity contribution in [3.8, 4) is 0 Å². The smallest absolute Gasteiger partial charge is 0.393 e. The minimum absolute atomic E-state index is 0.224. The van der Waals surface area contributed by atoms with Crippen molar-refractivity contribution in [3.05, 3.63) is 64.1 Å². The van der Waals surface area contributed by atoms with Crippen LogP contribution < -0.4 is 10.9 Å². The van der Waals surface area contributed by atoms with E-state index < -0.39 is 67.1 Å². The molecule has 182 valence electrons. The molecule has 1 aromatic carbocycles. The fourth-order valence-corrected chi connectivity index (χ4v) is 4.46. The molecule has 2 saturated heterocycles. The van der Waals surface area contributed by atoms with E-state index in [-0.39, 0.29) is 5.69 Å². The molecule has 3 N–H and O–H groups in total. The van der Waals surface area contributed by atoms with Crippen LogP contribution in [0.1, 0.15) is 22.1 Å². The van der Waals surface area contributed by atoms with Gasteiger partial charge in [0.25, 0.3) is 11.5 Å². The number of hydrogen-bond acceptors (Lipinski definition) is 6. The molecular weight excluding hydrogens is 459 g/mol. The van der Waals surface area contributed by atoms with E-state index in [1.165, 1.54) is 6.20 Å². The maximum Gasteiger partial charge on any atom is 0.471 e. The molecule has 2 bridgehead atoms. The van der Waals surface area contributed by atoms with Crippen molar-refractivity contribution >= 4 is 17.5 Å². The maximum atomic E-state index is 13.0. The highest BCUT2D eigenvalue weighted by Crippen LogP contribution is 2.46. The van der Waals surface area contributed by atoms with Crippen LogP contribution in [-0.4, -0.2) is 69.1 Å². The Morgan fingerprint density at radius 3 is 2.56 bits per heavy atom. The molecule has 3 heterocycles. The number of ether oxygens (including phenoxy) is 1. The first-order valence-electron chi connectivity index (χ1n) is 10.4. The van der Waals surface area contributed by atoms with Crippen LogP contribution in [0.4, 0.5) is 18.9 Å². The Hall–Kier alpha value is -3.22. The van der Waals surface area contributed by atoms with E-state index in [9.17, 15) is 37.8 Å². The molecule has 2 fully saturated rings. The number of nitrogens with zero attached hydrogens (tertiary/aromatic N) is 2. The Morgan fingerprint density at radius 2 is 1.94 bits per heavy atom. The van der Waals surface area contributed by atoms with Gasteiger partial charge in [0.15, 0.2) is 0 Å². The average Bonchev–Trinajstić information content (AvgIpc) is 2.95. The zero-order valence-corrected chi connectivity index (χ0v) is 18.0. The molecule has 2 aromatic rings. The first-order valence-corrected chi connectivity index (χ1v) is 10.4. The number of alkyl halides is 3. The number of halogens is 3. The Bertz CT molecular complexity index is 1170. The van der Waals surface area contributed by atoms with Gasteiger partial charge in [0.1, 0.15) is 11.8 Å². The van der Waals surface area contributed by atoms with Gasteiger partial charge in [-0.15, -0.1) is 0 Å². The fourth-order valence-electron chi connectivity index (χ4n) is 4.46. The molecule has 2 aliphatic heterocycles. The van der Waals surface area contributed by atoms with Gasteiger partial charge in [0.2, 0.25) is 0 Å². The van der Waals surface area contributed by atoms with E-state index in [0.29, 0.717) is 16.0 Å². The molecule has 0 saturated carbocycles. The predicted molar refractivity (Wildman–Crippen MR) is 112 cm³/mol. The third-order valence-electron chi connectivity index (χ3n) is 6.19. The quantitative estimate of drug-likeness (QED) is 0.601. The number of nitrogens with one attached hydrogen (secondary N) is 1. The highest BCUT2D eigenvalue weighted by molar-refractivity contribution is 6.04. The van der Waals surface area contributed by atoms with E-state index >= 15 is 0 Å². The number of fused-ring (bicyclic) bond motifs is 2. The van der Waals surface area contributed by atoms with Gasteiger partial charge in [0, 0.05) is 24.4 Å². The summed E-state index contributed by atoms with van der Waals surface area (Å²) in [4.78, 5) is 37.6. The number of carbonyl (C=O) groups excluding carboxylic acids is 2. The lowest BCUT2D eigenvalue weighted by Gasteiger charge is -2.40. The van der Waals surface area contributed by atoms with Crippen LogP contribution in [0.25, 0.3) is 0 Å². The highest BCUT2D eigenvalue weighted by atomic mass is 19.4. The number of pyridine rings is 1. The summed E-state index contributed by atoms with van der Waals surface area (Å²) in [5, 5.41) is 23.2. The average molecular weight is 481 g/mol. The van der Waals surface area contributed by atoms with Crippen LogP contribution in [-0.2, 0) is 9.53 Å². The summed E-state index contributed by atoms with van der Waals surface area (Å²) < 4.78 is 45.8. The van der Waals surface area contributed by atoms with E-state index in [1.807, 2.05) is 0 Å². The van der Waals surface area contributed by atoms with Gasteiger partial charge >= 0.3 is 12.1 Å². The third-order valence-corrected chi connectivity index (χ3v) is 6.19. The molecule has 4 atom stereocenters. The molecule has 9 nitrogen and oxygen atoms in total. The lowest BCUT2D eigenvalue weighted by atomic mass is 9.85. The summed E-state index contributed by atoms with van der Waals surface area (Å²) in [6, 6.07) is 9.45. The number of aliphatic hydroxyl groups is 2. The Morgan fingerprint density at radius 1 is 1.26 bits per heavy atom. The molecule has 0 radical (unpaired) electrons. The van der Waals surface area contributed by atoms with E-state index in [4.69, 9.17) is 4.74 Å². The number of anilines is 1. The molecule has 4 rings (SSSR count). The summed E-state index contributed by atoms with van der Waals surface area (Å²) in [7, 11) is 0. The van der Waals surface area contributed by atoms with Crippen molar-refractivity contribution < 1.29 is 37.7 Å². The molecule has 2 amide bonds. The van der Waals surface area contributed by atoms with Crippen molar-refractivity contribution in [1.29, 1.82) is 0 Å². The number of amides is 2. The Kier molecular flexibility index (Phi) is 6.00. The van der Waals surface area contributed by atoms with Crippen molar-refractivity contribution in [1.82, 2.24) is 9.47 Å². The number of aryl methyl sites for hydroxylation is 1. The van der Waals surface area contributed by atoms with Crippen molar-refractivity contribution in [3.63, 3.8) is 0 Å². The number of benzene rings is 1. The Balaban J connectivity index is 1.63. The topological polar surface area (TPSA) is 121 Å². The molecule has 0 aliphatic carbocycles. The lowest BCUT2D eigenvalue weighted by Crippen LogP contribution is -2.61. The van der Waals surface area contributed by atoms with E-state index in [2.05, 4.69) is 5.32 Å². The first-order chi connectivity index (χ1) is 16.0. The number of rotatable bonds is 4. The van der Waals surface area contributed by atoms with Crippen LogP contribution in [0.15, 0.2) is 47.4 Å². The summed E-state index contributed by atoms with van der Waals surface area (Å²) in [5.41, 5.74) is -1.48. The van der Waals surface area contributed by atoms with Crippen LogP contribution in [0, 0.1) is 12.8 Å². The molecule has 2 aliphatic rings. The number of likely N-dealkylation sites (tertiary alicyclic amines) is 1. The monoisotopic (exact) mass is 481 g/mol. The third kappa shape index (κ3) is 4.08. The Labute approximate surface area is 191 Å². The number of piperidine rings is 1. The zero-order chi connectivity index (χ0) is 24.8. The van der Waals surface area contributed by atoms with Crippen molar-refractivity contribution in [2.24, 2.45) is 5.92 Å². The van der Waals surface area contributed by atoms with Gasteiger partial charge in [-0.1, -0.05) is 18.2 Å². The summed E-state index contributed by atoms with van der Waals surface area (Å²) in [6.07, 6.45) is -6.44. The molecule has 0 unspecified atom stereocenters. The van der Waals surface area contributed by atoms with Gasteiger partial charge in [-0.3, -0.25) is 19.0 Å². The summed E-state index contributed by atoms with van der Waals surface area (Å²) in [6.45, 7) is -0.462. The minimum Gasteiger partial charge on any atom is -0.393 e. The van der Waals surface area contributed by atoms with Crippen LogP contribution >= 0.6 is 0 Å². The number of aromatic nitrogens is 1. The number of aliphatic hydroxyl groups excluding tert-OH is 2. The van der Waals surface area contributed by atoms with Crippen LogP contribution in [0.2, 0.25) is 0 Å². The van der Waals surface area contributed by atoms with Gasteiger partial charge < -0.3 is 25.2 Å². The second kappa shape index (κ2) is 8.53. The molecular formula is C22H22F3N3O6. The maximum absolute atomic E-state index is 13.0. The molecule has 1 aromatic heterocycles. The predicted octanol–water partition coefficient (Wildman–Crippen LogP) is 1.05. The van der Waals surface area contributed by atoms with Crippen LogP contribution in [0.5, 0.6) is 0 Å². The second-order valence-corrected chi connectivity index (χ2v) is 8.46. The minimum atomic E-state index is -5.14. The normalized spacial score (nSPS) is 26.4. The molecule has 12 heteroatoms. The van der Waals surface area contributed by atoms with E-state index in [1.54, 1.807) is 37.3 Å². The number of carbonyl (C=O) groups is 2. The largest absolute Gasteiger partial charge is 0.471 e. The van der Waals surface area contributed by atoms with Gasteiger partial charge in [0.05, 0.1) is 30.9 Å². The van der Waals surface area contributed by atoms with Gasteiger partial charge in [-0.25, -0.2) is 0 Å². The zero-order valence-electron chi connectivity index (χ0n) is 18.0. The first kappa shape index (κ1) is 23.9. The van der Waals surface area contributed by atoms with Crippen molar-refractivity contribution in [2.45, 2.75) is 31.0 Å². The SMILES string of the molecule is Cc1cn([C@@H]2O[C@@]3(CO)CN(C(=O)C(F)(F)F)C[C@@H]2[C@@H]3O)c(=O)cc1NC(=O)c1ccccc1. The fraction of sp³-hybridized carbons (Fsp3) is 0.409. The second-order valence-electron chi connectivity index (χ2n) is 8.46. The van der Waals surface area contributed by atoms with Crippen molar-refractivity contribution in [2.75, 3.05) is 25.0 Å². The molecule has 0 spiro atoms. The highest BCUT2D eigenvalue weighted by Gasteiger charge is 2.61. The standard InChI is InChI=1S/C22H22F3N3O6/c1-12-8-28(16(30)7-15(12)26-18(32)13-5-3-2-4-6-13)19-14-9-27(20(33)22(23,24)25)10-21(11-29,34-19)17(14)31/h2-8,14,17,19,29,31H,9-11H2,1H3,(H,26,32)/t14-,17+,19-,21-/m1/s1. The van der Waals surface area contributed by atoms with Gasteiger partial charge in [-0.05, 0) is 24.6 Å². The molecule has 34 heavy (non-hydrogen) atoms. The number of hydrogen-bond donors (Lipinski definition) is 3. The van der Waals surface area contributed by atoms with Crippen LogP contribution in [0.3, 0.4) is 0 Å². The van der Waals surface area contributed by atoms with E-state index in [0.717, 1.165) is 10.6 Å². The summed E-state index contributed by atoms with van der Waals surface area (Å²) >= 11 is 0. The van der Waals surface area contributed by atoms with Gasteiger partial charge in [-0.2, -0.15) is 13.2 Å².